The Labute approximate surface area is 136 Å². The Morgan fingerprint density at radius 2 is 1.96 bits per heavy atom. The van der Waals surface area contributed by atoms with E-state index in [0.717, 1.165) is 19.3 Å². The van der Waals surface area contributed by atoms with E-state index in [1.54, 1.807) is 0 Å². The lowest BCUT2D eigenvalue weighted by atomic mass is 10.0. The highest BCUT2D eigenvalue weighted by atomic mass is 32.2. The number of ketones is 1. The second-order valence-corrected chi connectivity index (χ2v) is 7.90. The predicted molar refractivity (Wildman–Crippen MR) is 85.8 cm³/mol. The number of methoxy groups -OCH3 is 1. The van der Waals surface area contributed by atoms with Crippen LogP contribution >= 0.6 is 0 Å². The summed E-state index contributed by atoms with van der Waals surface area (Å²) >= 11 is 0. The maximum atomic E-state index is 14.1. The van der Waals surface area contributed by atoms with Gasteiger partial charge in [0.05, 0.1) is 24.5 Å². The van der Waals surface area contributed by atoms with Gasteiger partial charge in [-0.1, -0.05) is 19.3 Å². The van der Waals surface area contributed by atoms with Crippen molar-refractivity contribution in [3.05, 3.63) is 29.1 Å². The van der Waals surface area contributed by atoms with Crippen molar-refractivity contribution >= 4 is 15.8 Å². The molecule has 0 bridgehead atoms. The molecule has 0 heterocycles. The fourth-order valence-electron chi connectivity index (χ4n) is 2.81. The van der Waals surface area contributed by atoms with E-state index in [1.165, 1.54) is 26.2 Å². The van der Waals surface area contributed by atoms with Gasteiger partial charge in [0.2, 0.25) is 10.0 Å². The van der Waals surface area contributed by atoms with Crippen molar-refractivity contribution < 1.29 is 22.3 Å². The molecule has 0 spiro atoms. The number of carbonyl (C=O) groups excluding carboxylic acids is 1. The van der Waals surface area contributed by atoms with Crippen LogP contribution in [0, 0.1) is 12.7 Å². The minimum absolute atomic E-state index is 0.159. The molecule has 0 saturated heterocycles. The van der Waals surface area contributed by atoms with E-state index in [1.807, 2.05) is 0 Å². The highest BCUT2D eigenvalue weighted by molar-refractivity contribution is 7.90. The van der Waals surface area contributed by atoms with E-state index in [4.69, 9.17) is 4.74 Å². The van der Waals surface area contributed by atoms with Gasteiger partial charge in [0.25, 0.3) is 0 Å². The molecule has 0 radical (unpaired) electrons. The number of sulfonamides is 1. The van der Waals surface area contributed by atoms with Crippen molar-refractivity contribution in [3.8, 4) is 5.75 Å². The van der Waals surface area contributed by atoms with Crippen LogP contribution in [0.15, 0.2) is 12.1 Å². The summed E-state index contributed by atoms with van der Waals surface area (Å²) in [5.74, 6) is -0.890. The van der Waals surface area contributed by atoms with Crippen LogP contribution in [0.4, 0.5) is 4.39 Å². The molecule has 1 N–H and O–H groups in total. The Morgan fingerprint density at radius 3 is 2.57 bits per heavy atom. The first-order valence-electron chi connectivity index (χ1n) is 7.71. The molecule has 0 aliphatic heterocycles. The van der Waals surface area contributed by atoms with Gasteiger partial charge in [0, 0.05) is 0 Å². The molecule has 1 aliphatic rings. The number of hydrogen-bond donors (Lipinski definition) is 1. The predicted octanol–water partition coefficient (Wildman–Crippen LogP) is 2.58. The number of ether oxygens (including phenoxy) is 1. The zero-order valence-corrected chi connectivity index (χ0v) is 14.2. The molecule has 0 aromatic heterocycles. The van der Waals surface area contributed by atoms with E-state index in [2.05, 4.69) is 4.72 Å². The van der Waals surface area contributed by atoms with Gasteiger partial charge in [-0.2, -0.15) is 0 Å². The molecule has 1 saturated carbocycles. The highest BCUT2D eigenvalue weighted by Gasteiger charge is 2.28. The zero-order chi connectivity index (χ0) is 17.0. The first-order chi connectivity index (χ1) is 10.8. The summed E-state index contributed by atoms with van der Waals surface area (Å²) < 4.78 is 45.9. The minimum atomic E-state index is -3.55. The fraction of sp³-hybridized carbons (Fsp3) is 0.562. The van der Waals surface area contributed by atoms with E-state index >= 15 is 0 Å². The van der Waals surface area contributed by atoms with Gasteiger partial charge >= 0.3 is 0 Å². The summed E-state index contributed by atoms with van der Waals surface area (Å²) in [6, 6.07) is 2.78. The normalized spacial score (nSPS) is 16.3. The van der Waals surface area contributed by atoms with Gasteiger partial charge in [-0.3, -0.25) is 4.79 Å². The summed E-state index contributed by atoms with van der Waals surface area (Å²) in [6.45, 7) is 1.09. The van der Waals surface area contributed by atoms with Gasteiger partial charge in [-0.05, 0) is 37.5 Å². The van der Waals surface area contributed by atoms with Crippen molar-refractivity contribution in [2.45, 2.75) is 44.3 Å². The standard InChI is InChI=1S/C16H22FNO4S/c1-11-8-12(22-2)9-14(16(11)17)15(19)10-18-23(20,21)13-6-4-3-5-7-13/h8-9,13,18H,3-7,10H2,1-2H3. The van der Waals surface area contributed by atoms with Crippen LogP contribution in [-0.2, 0) is 10.0 Å². The largest absolute Gasteiger partial charge is 0.497 e. The second kappa shape index (κ2) is 7.40. The maximum absolute atomic E-state index is 14.1. The number of carbonyl (C=O) groups is 1. The van der Waals surface area contributed by atoms with Gasteiger partial charge in [0.15, 0.2) is 5.78 Å². The topological polar surface area (TPSA) is 72.5 Å². The first-order valence-corrected chi connectivity index (χ1v) is 9.25. The Morgan fingerprint density at radius 1 is 1.30 bits per heavy atom. The highest BCUT2D eigenvalue weighted by Crippen LogP contribution is 2.24. The third-order valence-corrected chi connectivity index (χ3v) is 6.08. The van der Waals surface area contributed by atoms with Gasteiger partial charge in [-0.25, -0.2) is 17.5 Å². The summed E-state index contributed by atoms with van der Waals surface area (Å²) in [7, 11) is -2.13. The lowest BCUT2D eigenvalue weighted by molar-refractivity contribution is 0.0992. The summed E-state index contributed by atoms with van der Waals surface area (Å²) in [5, 5.41) is -0.457. The molecule has 7 heteroatoms. The number of benzene rings is 1. The molecule has 1 aromatic carbocycles. The monoisotopic (exact) mass is 343 g/mol. The van der Waals surface area contributed by atoms with Crippen molar-refractivity contribution in [2.24, 2.45) is 0 Å². The van der Waals surface area contributed by atoms with Crippen LogP contribution in [0.25, 0.3) is 0 Å². The van der Waals surface area contributed by atoms with E-state index in [9.17, 15) is 17.6 Å². The van der Waals surface area contributed by atoms with Gasteiger partial charge in [0.1, 0.15) is 11.6 Å². The molecule has 0 atom stereocenters. The summed E-state index contributed by atoms with van der Waals surface area (Å²) in [6.07, 6.45) is 4.01. The lowest BCUT2D eigenvalue weighted by Gasteiger charge is -2.21. The molecule has 5 nitrogen and oxygen atoms in total. The number of rotatable bonds is 6. The zero-order valence-electron chi connectivity index (χ0n) is 13.4. The lowest BCUT2D eigenvalue weighted by Crippen LogP contribution is -2.38. The molecule has 128 valence electrons. The van der Waals surface area contributed by atoms with Crippen molar-refractivity contribution in [3.63, 3.8) is 0 Å². The Balaban J connectivity index is 2.09. The van der Waals surface area contributed by atoms with Crippen LogP contribution in [0.1, 0.15) is 48.0 Å². The molecule has 0 amide bonds. The maximum Gasteiger partial charge on any atom is 0.214 e. The van der Waals surface area contributed by atoms with E-state index < -0.39 is 33.4 Å². The van der Waals surface area contributed by atoms with Crippen LogP contribution in [0.3, 0.4) is 0 Å². The molecule has 0 unspecified atom stereocenters. The Hall–Kier alpha value is -1.47. The van der Waals surface area contributed by atoms with Crippen LogP contribution in [0.5, 0.6) is 5.75 Å². The molecular formula is C16H22FNO4S. The number of Topliss-reactive ketones (excluding diaryl/α,β-unsaturated/α-hetero) is 1. The van der Waals surface area contributed by atoms with E-state index in [0.29, 0.717) is 18.6 Å². The first kappa shape index (κ1) is 17.9. The minimum Gasteiger partial charge on any atom is -0.497 e. The number of aryl methyl sites for hydroxylation is 1. The molecule has 23 heavy (non-hydrogen) atoms. The van der Waals surface area contributed by atoms with Crippen LogP contribution in [0.2, 0.25) is 0 Å². The smallest absolute Gasteiger partial charge is 0.214 e. The quantitative estimate of drug-likeness (QED) is 0.806. The van der Waals surface area contributed by atoms with Crippen LogP contribution in [-0.4, -0.2) is 33.1 Å². The molecule has 1 fully saturated rings. The van der Waals surface area contributed by atoms with Gasteiger partial charge < -0.3 is 4.74 Å². The molecular weight excluding hydrogens is 321 g/mol. The van der Waals surface area contributed by atoms with Gasteiger partial charge in [-0.15, -0.1) is 0 Å². The SMILES string of the molecule is COc1cc(C)c(F)c(C(=O)CNS(=O)(=O)C2CCCCC2)c1. The second-order valence-electron chi connectivity index (χ2n) is 5.86. The fourth-order valence-corrected chi connectivity index (χ4v) is 4.33. The molecule has 1 aromatic rings. The number of halogens is 1. The van der Waals surface area contributed by atoms with E-state index in [-0.39, 0.29) is 11.1 Å². The van der Waals surface area contributed by atoms with Crippen molar-refractivity contribution in [1.82, 2.24) is 4.72 Å². The third-order valence-electron chi connectivity index (χ3n) is 4.19. The summed E-state index contributed by atoms with van der Waals surface area (Å²) in [5.41, 5.74) is 0.121. The molecule has 1 aliphatic carbocycles. The van der Waals surface area contributed by atoms with Crippen molar-refractivity contribution in [1.29, 1.82) is 0 Å². The third kappa shape index (κ3) is 4.29. The average molecular weight is 343 g/mol. The molecule has 2 rings (SSSR count). The summed E-state index contributed by atoms with van der Waals surface area (Å²) in [4.78, 5) is 12.2. The van der Waals surface area contributed by atoms with Crippen molar-refractivity contribution in [2.75, 3.05) is 13.7 Å². The number of hydrogen-bond acceptors (Lipinski definition) is 4. The Bertz CT molecular complexity index is 682. The number of nitrogens with one attached hydrogen (secondary N) is 1. The average Bonchev–Trinajstić information content (AvgIpc) is 2.56. The van der Waals surface area contributed by atoms with Crippen LogP contribution < -0.4 is 9.46 Å². The Kier molecular flexibility index (Phi) is 5.75.